The van der Waals surface area contributed by atoms with Gasteiger partial charge >= 0.3 is 0 Å². The minimum Gasteiger partial charge on any atom is -0.415 e. The van der Waals surface area contributed by atoms with Crippen molar-refractivity contribution in [2.24, 2.45) is 0 Å². The number of rotatable bonds is 8. The molecule has 3 heteroatoms. The maximum atomic E-state index is 6.49. The van der Waals surface area contributed by atoms with Crippen molar-refractivity contribution in [2.75, 3.05) is 6.61 Å². The summed E-state index contributed by atoms with van der Waals surface area (Å²) in [4.78, 5) is 0. The molecule has 2 rings (SSSR count). The van der Waals surface area contributed by atoms with Gasteiger partial charge in [-0.1, -0.05) is 81.4 Å². The minimum atomic E-state index is -1.73. The zero-order valence-corrected chi connectivity index (χ0v) is 17.4. The first-order valence-corrected chi connectivity index (χ1v) is 12.1. The molecule has 0 bridgehead atoms. The first-order chi connectivity index (χ1) is 11.8. The molecule has 0 amide bonds. The molecule has 25 heavy (non-hydrogen) atoms. The SMILES string of the molecule is CC(C)(C)[Si](C)(C)OC[C@H](Cc1ccccc1)NCc1ccccc1. The van der Waals surface area contributed by atoms with Crippen LogP contribution in [-0.2, 0) is 17.4 Å². The Labute approximate surface area is 154 Å². The van der Waals surface area contributed by atoms with Gasteiger partial charge in [-0.2, -0.15) is 0 Å². The number of hydrogen-bond acceptors (Lipinski definition) is 2. The summed E-state index contributed by atoms with van der Waals surface area (Å²) in [6.07, 6.45) is 0.988. The van der Waals surface area contributed by atoms with E-state index >= 15 is 0 Å². The second kappa shape index (κ2) is 8.79. The van der Waals surface area contributed by atoms with Gasteiger partial charge in [-0.25, -0.2) is 0 Å². The molecule has 0 aliphatic rings. The molecule has 0 heterocycles. The highest BCUT2D eigenvalue weighted by molar-refractivity contribution is 6.74. The molecule has 0 saturated carbocycles. The summed E-state index contributed by atoms with van der Waals surface area (Å²) in [5.74, 6) is 0. The fourth-order valence-electron chi connectivity index (χ4n) is 2.47. The van der Waals surface area contributed by atoms with Crippen LogP contribution in [0.2, 0.25) is 18.1 Å². The lowest BCUT2D eigenvalue weighted by atomic mass is 10.1. The van der Waals surface area contributed by atoms with E-state index in [0.717, 1.165) is 19.6 Å². The van der Waals surface area contributed by atoms with Crippen molar-refractivity contribution in [3.05, 3.63) is 71.8 Å². The Balaban J connectivity index is 2.01. The quantitative estimate of drug-likeness (QED) is 0.639. The van der Waals surface area contributed by atoms with Gasteiger partial charge in [0.05, 0.1) is 0 Å². The zero-order chi connectivity index (χ0) is 18.3. The standard InChI is InChI=1S/C22H33NOSi/c1-22(2,3)25(4,5)24-18-21(16-19-12-8-6-9-13-19)23-17-20-14-10-7-11-15-20/h6-15,21,23H,16-18H2,1-5H3/t21-/m0/s1. The number of hydrogen-bond donors (Lipinski definition) is 1. The Kier molecular flexibility index (Phi) is 7.00. The first-order valence-electron chi connectivity index (χ1n) is 9.23. The van der Waals surface area contributed by atoms with Crippen LogP contribution in [0.15, 0.2) is 60.7 Å². The third-order valence-electron chi connectivity index (χ3n) is 5.21. The van der Waals surface area contributed by atoms with Crippen molar-refractivity contribution in [1.82, 2.24) is 5.32 Å². The van der Waals surface area contributed by atoms with E-state index in [4.69, 9.17) is 4.43 Å². The largest absolute Gasteiger partial charge is 0.415 e. The molecule has 0 saturated heterocycles. The lowest BCUT2D eigenvalue weighted by Gasteiger charge is -2.37. The maximum Gasteiger partial charge on any atom is 0.192 e. The van der Waals surface area contributed by atoms with Crippen LogP contribution in [0.4, 0.5) is 0 Å². The predicted octanol–water partition coefficient (Wildman–Crippen LogP) is 5.41. The van der Waals surface area contributed by atoms with E-state index in [1.165, 1.54) is 11.1 Å². The van der Waals surface area contributed by atoms with E-state index in [1.54, 1.807) is 0 Å². The maximum absolute atomic E-state index is 6.49. The van der Waals surface area contributed by atoms with Crippen molar-refractivity contribution >= 4 is 8.32 Å². The van der Waals surface area contributed by atoms with Crippen LogP contribution in [0, 0.1) is 0 Å². The van der Waals surface area contributed by atoms with Crippen molar-refractivity contribution in [2.45, 2.75) is 57.9 Å². The molecule has 0 aliphatic heterocycles. The van der Waals surface area contributed by atoms with Crippen LogP contribution in [0.5, 0.6) is 0 Å². The smallest absolute Gasteiger partial charge is 0.192 e. The van der Waals surface area contributed by atoms with Crippen LogP contribution in [-0.4, -0.2) is 21.0 Å². The fourth-order valence-corrected chi connectivity index (χ4v) is 3.52. The average molecular weight is 356 g/mol. The molecule has 2 aromatic rings. The average Bonchev–Trinajstić information content (AvgIpc) is 2.58. The minimum absolute atomic E-state index is 0.240. The van der Waals surface area contributed by atoms with E-state index in [9.17, 15) is 0 Å². The summed E-state index contributed by atoms with van der Waals surface area (Å²) < 4.78 is 6.49. The summed E-state index contributed by atoms with van der Waals surface area (Å²) >= 11 is 0. The van der Waals surface area contributed by atoms with Crippen molar-refractivity contribution in [3.8, 4) is 0 Å². The van der Waals surface area contributed by atoms with E-state index in [0.29, 0.717) is 6.04 Å². The lowest BCUT2D eigenvalue weighted by Crippen LogP contribution is -2.45. The second-order valence-electron chi connectivity index (χ2n) is 8.32. The summed E-state index contributed by atoms with van der Waals surface area (Å²) in [7, 11) is -1.73. The van der Waals surface area contributed by atoms with Gasteiger partial charge in [-0.15, -0.1) is 0 Å². The fraction of sp³-hybridized carbons (Fsp3) is 0.455. The van der Waals surface area contributed by atoms with Crippen molar-refractivity contribution < 1.29 is 4.43 Å². The van der Waals surface area contributed by atoms with Gasteiger partial charge in [0.15, 0.2) is 8.32 Å². The zero-order valence-electron chi connectivity index (χ0n) is 16.4. The van der Waals surface area contributed by atoms with E-state index in [1.807, 2.05) is 0 Å². The molecule has 2 aromatic carbocycles. The number of benzene rings is 2. The van der Waals surface area contributed by atoms with E-state index in [2.05, 4.69) is 99.8 Å². The van der Waals surface area contributed by atoms with Gasteiger partial charge < -0.3 is 9.74 Å². The van der Waals surface area contributed by atoms with Gasteiger partial charge in [0, 0.05) is 19.2 Å². The molecule has 0 radical (unpaired) electrons. The molecule has 136 valence electrons. The highest BCUT2D eigenvalue weighted by Gasteiger charge is 2.37. The third-order valence-corrected chi connectivity index (χ3v) is 9.71. The van der Waals surface area contributed by atoms with Gasteiger partial charge in [0.1, 0.15) is 0 Å². The summed E-state index contributed by atoms with van der Waals surface area (Å²) in [6, 6.07) is 21.6. The summed E-state index contributed by atoms with van der Waals surface area (Å²) in [6.45, 7) is 13.2. The van der Waals surface area contributed by atoms with Gasteiger partial charge in [0.2, 0.25) is 0 Å². The highest BCUT2D eigenvalue weighted by atomic mass is 28.4. The predicted molar refractivity (Wildman–Crippen MR) is 110 cm³/mol. The molecule has 0 aliphatic carbocycles. The topological polar surface area (TPSA) is 21.3 Å². The van der Waals surface area contributed by atoms with Crippen LogP contribution in [0.3, 0.4) is 0 Å². The Morgan fingerprint density at radius 3 is 1.92 bits per heavy atom. The van der Waals surface area contributed by atoms with Crippen LogP contribution >= 0.6 is 0 Å². The molecule has 1 atom stereocenters. The highest BCUT2D eigenvalue weighted by Crippen LogP contribution is 2.36. The monoisotopic (exact) mass is 355 g/mol. The molecule has 0 unspecified atom stereocenters. The Morgan fingerprint density at radius 1 is 0.880 bits per heavy atom. The lowest BCUT2D eigenvalue weighted by molar-refractivity contribution is 0.240. The Morgan fingerprint density at radius 2 is 1.40 bits per heavy atom. The van der Waals surface area contributed by atoms with E-state index in [-0.39, 0.29) is 5.04 Å². The molecular weight excluding hydrogens is 322 g/mol. The first kappa shape index (κ1) is 19.9. The van der Waals surface area contributed by atoms with Gasteiger partial charge in [-0.05, 0) is 35.7 Å². The van der Waals surface area contributed by atoms with Gasteiger partial charge in [-0.3, -0.25) is 0 Å². The molecule has 0 fully saturated rings. The van der Waals surface area contributed by atoms with Crippen LogP contribution in [0.1, 0.15) is 31.9 Å². The van der Waals surface area contributed by atoms with Crippen LogP contribution in [0.25, 0.3) is 0 Å². The normalized spacial score (nSPS) is 13.6. The molecule has 0 spiro atoms. The van der Waals surface area contributed by atoms with Gasteiger partial charge in [0.25, 0.3) is 0 Å². The second-order valence-corrected chi connectivity index (χ2v) is 13.1. The van der Waals surface area contributed by atoms with Crippen molar-refractivity contribution in [1.29, 1.82) is 0 Å². The Bertz CT molecular complexity index is 619. The van der Waals surface area contributed by atoms with E-state index < -0.39 is 8.32 Å². The third kappa shape index (κ3) is 6.42. The number of nitrogens with one attached hydrogen (secondary N) is 1. The molecule has 0 aromatic heterocycles. The Hall–Kier alpha value is -1.42. The molecular formula is C22H33NOSi. The van der Waals surface area contributed by atoms with Crippen molar-refractivity contribution in [3.63, 3.8) is 0 Å². The molecule has 2 nitrogen and oxygen atoms in total. The summed E-state index contributed by atoms with van der Waals surface area (Å²) in [5, 5.41) is 3.95. The molecule has 1 N–H and O–H groups in total. The van der Waals surface area contributed by atoms with Crippen LogP contribution < -0.4 is 5.32 Å². The summed E-state index contributed by atoms with van der Waals surface area (Å²) in [5.41, 5.74) is 2.67.